The van der Waals surface area contributed by atoms with Crippen molar-refractivity contribution in [1.82, 2.24) is 20.1 Å². The number of aliphatic carboxylic acids is 2. The van der Waals surface area contributed by atoms with Crippen molar-refractivity contribution in [2.24, 2.45) is 0 Å². The lowest BCUT2D eigenvalue weighted by Gasteiger charge is -2.45. The number of likely N-dealkylation sites (tertiary alicyclic amines) is 1. The minimum atomic E-state index is -1.26. The molecular weight excluding hydrogens is 424 g/mol. The minimum absolute atomic E-state index is 0.0678. The number of likely N-dealkylation sites (N-methyl/N-ethyl adjacent to an activating group) is 1. The van der Waals surface area contributed by atoms with E-state index in [0.717, 1.165) is 32.5 Å². The van der Waals surface area contributed by atoms with E-state index in [1.54, 1.807) is 0 Å². The van der Waals surface area contributed by atoms with Crippen molar-refractivity contribution < 1.29 is 24.6 Å². The third-order valence-electron chi connectivity index (χ3n) is 6.47. The number of carboxylic acids is 2. The molecule has 1 aromatic carbocycles. The van der Waals surface area contributed by atoms with Crippen LogP contribution in [0.1, 0.15) is 37.3 Å². The number of urea groups is 1. The third-order valence-corrected chi connectivity index (χ3v) is 6.47. The van der Waals surface area contributed by atoms with Crippen LogP contribution in [0.25, 0.3) is 10.9 Å². The zero-order valence-corrected chi connectivity index (χ0v) is 19.2. The molecule has 0 spiro atoms. The largest absolute Gasteiger partial charge is 0.478 e. The molecule has 1 aromatic heterocycles. The molecular formula is C24H32N4O5. The maximum absolute atomic E-state index is 12.5. The molecule has 1 aliphatic heterocycles. The summed E-state index contributed by atoms with van der Waals surface area (Å²) in [5.74, 6) is -2.03. The number of nitrogens with one attached hydrogen (secondary N) is 2. The molecule has 1 saturated heterocycles. The maximum atomic E-state index is 12.5. The van der Waals surface area contributed by atoms with Crippen LogP contribution in [-0.2, 0) is 16.0 Å². The number of aromatic amines is 1. The summed E-state index contributed by atoms with van der Waals surface area (Å²) in [7, 11) is 2.20. The van der Waals surface area contributed by atoms with Crippen molar-refractivity contribution in [2.75, 3.05) is 26.7 Å². The van der Waals surface area contributed by atoms with E-state index in [2.05, 4.69) is 46.6 Å². The quantitative estimate of drug-likeness (QED) is 0.513. The fourth-order valence-electron chi connectivity index (χ4n) is 4.97. The van der Waals surface area contributed by atoms with Crippen LogP contribution in [0, 0.1) is 0 Å². The molecule has 0 radical (unpaired) electrons. The number of carbonyl (C=O) groups excluding carboxylic acids is 1. The van der Waals surface area contributed by atoms with Crippen LogP contribution in [0.3, 0.4) is 0 Å². The van der Waals surface area contributed by atoms with Gasteiger partial charge in [0.25, 0.3) is 0 Å². The molecule has 3 atom stereocenters. The summed E-state index contributed by atoms with van der Waals surface area (Å²) in [5.41, 5.74) is 4.12. The topological polar surface area (TPSA) is 126 Å². The Hall–Kier alpha value is -3.33. The second kappa shape index (κ2) is 10.5. The lowest BCUT2D eigenvalue weighted by molar-refractivity contribution is -0.134. The molecule has 9 nitrogen and oxygen atoms in total. The highest BCUT2D eigenvalue weighted by Gasteiger charge is 2.39. The zero-order valence-electron chi connectivity index (χ0n) is 19.2. The van der Waals surface area contributed by atoms with E-state index in [-0.39, 0.29) is 12.1 Å². The van der Waals surface area contributed by atoms with Gasteiger partial charge < -0.3 is 30.3 Å². The summed E-state index contributed by atoms with van der Waals surface area (Å²) in [6.07, 6.45) is 5.40. The Morgan fingerprint density at radius 1 is 1.18 bits per heavy atom. The fourth-order valence-corrected chi connectivity index (χ4v) is 4.97. The number of benzene rings is 1. The number of piperidine rings is 1. The highest BCUT2D eigenvalue weighted by molar-refractivity contribution is 5.90. The van der Waals surface area contributed by atoms with Crippen LogP contribution in [-0.4, -0.2) is 81.7 Å². The molecule has 1 aliphatic carbocycles. The van der Waals surface area contributed by atoms with Crippen LogP contribution >= 0.6 is 0 Å². The van der Waals surface area contributed by atoms with Gasteiger partial charge in [-0.25, -0.2) is 14.4 Å². The number of fused-ring (bicyclic) bond motifs is 2. The van der Waals surface area contributed by atoms with Crippen LogP contribution < -0.4 is 5.32 Å². The maximum Gasteiger partial charge on any atom is 0.328 e. The normalized spacial score (nSPS) is 21.7. The van der Waals surface area contributed by atoms with E-state index in [4.69, 9.17) is 10.2 Å². The number of rotatable bonds is 5. The number of nitrogens with zero attached hydrogens (tertiary/aromatic N) is 2. The second-order valence-corrected chi connectivity index (χ2v) is 8.47. The SMILES string of the molecule is CCN(CC)C(=O)N[C@H]1C[C@@H]2c3cccc4[nH]cc(c34)C[C@H]2N(C)C1.O=C(O)/C=C/C(=O)O. The van der Waals surface area contributed by atoms with Crippen molar-refractivity contribution >= 4 is 28.9 Å². The first-order valence-corrected chi connectivity index (χ1v) is 11.2. The molecule has 1 fully saturated rings. The predicted octanol–water partition coefficient (Wildman–Crippen LogP) is 2.64. The minimum Gasteiger partial charge on any atom is -0.478 e. The molecule has 33 heavy (non-hydrogen) atoms. The summed E-state index contributed by atoms with van der Waals surface area (Å²) < 4.78 is 0. The molecule has 4 rings (SSSR count). The molecule has 4 N–H and O–H groups in total. The van der Waals surface area contributed by atoms with Crippen molar-refractivity contribution in [3.63, 3.8) is 0 Å². The van der Waals surface area contributed by atoms with Gasteiger partial charge in [0.2, 0.25) is 0 Å². The van der Waals surface area contributed by atoms with E-state index >= 15 is 0 Å². The fraction of sp³-hybridized carbons (Fsp3) is 0.458. The number of aromatic nitrogens is 1. The summed E-state index contributed by atoms with van der Waals surface area (Å²) in [6, 6.07) is 7.38. The van der Waals surface area contributed by atoms with Crippen LogP contribution in [0.2, 0.25) is 0 Å². The molecule has 0 unspecified atom stereocenters. The number of carbonyl (C=O) groups is 3. The van der Waals surface area contributed by atoms with Gasteiger partial charge in [-0.1, -0.05) is 12.1 Å². The van der Waals surface area contributed by atoms with Crippen LogP contribution in [0.4, 0.5) is 4.79 Å². The highest BCUT2D eigenvalue weighted by Crippen LogP contribution is 2.42. The van der Waals surface area contributed by atoms with E-state index in [1.807, 2.05) is 18.7 Å². The molecule has 9 heteroatoms. The Labute approximate surface area is 193 Å². The van der Waals surface area contributed by atoms with Gasteiger partial charge in [-0.05, 0) is 50.9 Å². The van der Waals surface area contributed by atoms with Crippen molar-refractivity contribution in [3.05, 3.63) is 47.7 Å². The lowest BCUT2D eigenvalue weighted by Crippen LogP contribution is -2.56. The summed E-state index contributed by atoms with van der Waals surface area (Å²) in [5, 5.41) is 20.3. The first kappa shape index (κ1) is 24.3. The van der Waals surface area contributed by atoms with Crippen molar-refractivity contribution in [3.8, 4) is 0 Å². The van der Waals surface area contributed by atoms with Gasteiger partial charge in [0.15, 0.2) is 0 Å². The molecule has 2 aliphatic rings. The molecule has 178 valence electrons. The lowest BCUT2D eigenvalue weighted by atomic mass is 9.74. The number of H-pyrrole nitrogens is 1. The average molecular weight is 457 g/mol. The monoisotopic (exact) mass is 456 g/mol. The van der Waals surface area contributed by atoms with Gasteiger partial charge in [-0.2, -0.15) is 0 Å². The van der Waals surface area contributed by atoms with E-state index in [1.165, 1.54) is 22.0 Å². The van der Waals surface area contributed by atoms with E-state index < -0.39 is 11.9 Å². The smallest absolute Gasteiger partial charge is 0.328 e. The number of hydrogen-bond donors (Lipinski definition) is 4. The Kier molecular flexibility index (Phi) is 7.75. The number of amides is 2. The van der Waals surface area contributed by atoms with E-state index in [9.17, 15) is 14.4 Å². The van der Waals surface area contributed by atoms with Gasteiger partial charge in [-0.15, -0.1) is 0 Å². The Morgan fingerprint density at radius 2 is 1.85 bits per heavy atom. The third kappa shape index (κ3) is 5.54. The average Bonchev–Trinajstić information content (AvgIpc) is 3.19. The molecule has 2 amide bonds. The Balaban J connectivity index is 0.000000331. The Bertz CT molecular complexity index is 1030. The summed E-state index contributed by atoms with van der Waals surface area (Å²) >= 11 is 0. The van der Waals surface area contributed by atoms with Gasteiger partial charge in [-0.3, -0.25) is 0 Å². The standard InChI is InChI=1S/C20H28N4O.C4H4O4/c1-4-24(5-2)20(25)22-14-10-16-15-7-6-8-17-19(15)13(11-21-17)9-18(16)23(3)12-14;5-3(6)1-2-4(7)8/h6-8,11,14,16,18,21H,4-5,9-10,12H2,1-3H3,(H,22,25);1-2H,(H,5,6)(H,7,8)/b;2-1+/t14-,16+,18+;/m0./s1. The van der Waals surface area contributed by atoms with Gasteiger partial charge in [0, 0.05) is 66.9 Å². The van der Waals surface area contributed by atoms with Crippen molar-refractivity contribution in [2.45, 2.75) is 44.7 Å². The second-order valence-electron chi connectivity index (χ2n) is 8.47. The van der Waals surface area contributed by atoms with Gasteiger partial charge in [0.1, 0.15) is 0 Å². The van der Waals surface area contributed by atoms with Crippen LogP contribution in [0.5, 0.6) is 0 Å². The van der Waals surface area contributed by atoms with Gasteiger partial charge >= 0.3 is 18.0 Å². The predicted molar refractivity (Wildman–Crippen MR) is 125 cm³/mol. The molecule has 0 saturated carbocycles. The van der Waals surface area contributed by atoms with Crippen LogP contribution in [0.15, 0.2) is 36.5 Å². The van der Waals surface area contributed by atoms with E-state index in [0.29, 0.717) is 24.1 Å². The zero-order chi connectivity index (χ0) is 24.1. The number of carboxylic acid groups (broad SMARTS) is 2. The number of hydrogen-bond acceptors (Lipinski definition) is 4. The van der Waals surface area contributed by atoms with Crippen molar-refractivity contribution in [1.29, 1.82) is 0 Å². The first-order chi connectivity index (χ1) is 15.7. The summed E-state index contributed by atoms with van der Waals surface area (Å²) in [6.45, 7) is 6.48. The first-order valence-electron chi connectivity index (χ1n) is 11.2. The van der Waals surface area contributed by atoms with Gasteiger partial charge in [0.05, 0.1) is 0 Å². The molecule has 0 bridgehead atoms. The Morgan fingerprint density at radius 3 is 2.45 bits per heavy atom. The summed E-state index contributed by atoms with van der Waals surface area (Å²) in [4.78, 5) is 39.3. The highest BCUT2D eigenvalue weighted by atomic mass is 16.4. The molecule has 2 heterocycles. The molecule has 2 aromatic rings.